The van der Waals surface area contributed by atoms with Gasteiger partial charge in [-0.15, -0.1) is 0 Å². The number of amides is 1. The Balaban J connectivity index is 2.62. The first kappa shape index (κ1) is 13.3. The third kappa shape index (κ3) is 4.75. The molecule has 0 aliphatic rings. The fraction of sp³-hybridized carbons (Fsp3) is 0.231. The molecule has 17 heavy (non-hydrogen) atoms. The summed E-state index contributed by atoms with van der Waals surface area (Å²) in [7, 11) is 1.59. The van der Waals surface area contributed by atoms with Crippen LogP contribution in [-0.4, -0.2) is 23.8 Å². The molecule has 0 aliphatic carbocycles. The Hall–Kier alpha value is -1.73. The Morgan fingerprint density at radius 2 is 1.94 bits per heavy atom. The molecule has 0 atom stereocenters. The minimum absolute atomic E-state index is 0.0641. The molecule has 1 rings (SSSR count). The van der Waals surface area contributed by atoms with E-state index in [1.165, 1.54) is 18.7 Å². The first-order chi connectivity index (χ1) is 8.13. The van der Waals surface area contributed by atoms with Gasteiger partial charge in [0, 0.05) is 25.1 Å². The molecule has 0 fully saturated rings. The van der Waals surface area contributed by atoms with Crippen LogP contribution in [0.5, 0.6) is 0 Å². The van der Waals surface area contributed by atoms with Crippen molar-refractivity contribution in [1.29, 1.82) is 0 Å². The summed E-state index contributed by atoms with van der Waals surface area (Å²) in [6.07, 6.45) is 0. The average molecular weight is 247 g/mol. The predicted molar refractivity (Wildman–Crippen MR) is 69.8 cm³/mol. The van der Waals surface area contributed by atoms with Crippen molar-refractivity contribution in [1.82, 2.24) is 5.32 Å². The number of nitrogens with one attached hydrogen (secondary N) is 1. The number of thioether (sulfide) groups is 1. The van der Waals surface area contributed by atoms with Crippen LogP contribution >= 0.6 is 11.8 Å². The lowest BCUT2D eigenvalue weighted by atomic mass is 10.1. The Bertz CT molecular complexity index is 468. The molecule has 1 N–H and O–H groups in total. The van der Waals surface area contributed by atoms with Crippen LogP contribution in [0.15, 0.2) is 24.3 Å². The molecule has 3 nitrogen and oxygen atoms in total. The van der Waals surface area contributed by atoms with Crippen LogP contribution in [0.2, 0.25) is 0 Å². The quantitative estimate of drug-likeness (QED) is 0.809. The number of carbonyl (C=O) groups excluding carboxylic acids is 2. The molecule has 0 bridgehead atoms. The Labute approximate surface area is 105 Å². The minimum atomic E-state index is -0.114. The number of rotatable bonds is 2. The molecular formula is C13H13NO2S. The topological polar surface area (TPSA) is 46.2 Å². The van der Waals surface area contributed by atoms with Crippen LogP contribution in [0.4, 0.5) is 0 Å². The molecule has 88 valence electrons. The molecule has 0 unspecified atom stereocenters. The van der Waals surface area contributed by atoms with E-state index in [0.717, 1.165) is 5.56 Å². The highest BCUT2D eigenvalue weighted by Gasteiger charge is 2.00. The molecule has 0 spiro atoms. The zero-order valence-electron chi connectivity index (χ0n) is 9.74. The Morgan fingerprint density at radius 1 is 1.29 bits per heavy atom. The van der Waals surface area contributed by atoms with E-state index >= 15 is 0 Å². The molecule has 0 aromatic heterocycles. The lowest BCUT2D eigenvalue weighted by Gasteiger charge is -1.98. The lowest BCUT2D eigenvalue weighted by molar-refractivity contribution is -0.109. The second-order valence-electron chi connectivity index (χ2n) is 3.24. The number of carbonyl (C=O) groups is 2. The monoisotopic (exact) mass is 247 g/mol. The molecule has 0 radical (unpaired) electrons. The van der Waals surface area contributed by atoms with Crippen LogP contribution in [0.25, 0.3) is 0 Å². The highest BCUT2D eigenvalue weighted by atomic mass is 32.2. The summed E-state index contributed by atoms with van der Waals surface area (Å²) in [6.45, 7) is 1.52. The zero-order chi connectivity index (χ0) is 12.7. The maximum Gasteiger partial charge on any atom is 0.251 e. The zero-order valence-corrected chi connectivity index (χ0v) is 10.6. The highest BCUT2D eigenvalue weighted by Crippen LogP contribution is 2.03. The molecule has 1 amide bonds. The fourth-order valence-corrected chi connectivity index (χ4v) is 1.47. The summed E-state index contributed by atoms with van der Waals surface area (Å²) >= 11 is 1.19. The van der Waals surface area contributed by atoms with Gasteiger partial charge >= 0.3 is 0 Å². The van der Waals surface area contributed by atoms with Crippen LogP contribution in [0.1, 0.15) is 22.8 Å². The van der Waals surface area contributed by atoms with Gasteiger partial charge in [0.05, 0.1) is 5.75 Å². The highest BCUT2D eigenvalue weighted by molar-refractivity contribution is 8.13. The van der Waals surface area contributed by atoms with E-state index in [4.69, 9.17) is 0 Å². The van der Waals surface area contributed by atoms with Gasteiger partial charge in [-0.3, -0.25) is 9.59 Å². The van der Waals surface area contributed by atoms with Crippen molar-refractivity contribution in [3.05, 3.63) is 35.4 Å². The minimum Gasteiger partial charge on any atom is -0.355 e. The largest absolute Gasteiger partial charge is 0.355 e. The molecule has 0 saturated heterocycles. The standard InChI is InChI=1S/C13H13NO2S/c1-10(15)17-9-3-4-11-5-7-12(8-6-11)13(16)14-2/h5-8H,9H2,1-2H3,(H,14,16). The first-order valence-electron chi connectivity index (χ1n) is 5.08. The van der Waals surface area contributed by atoms with Crippen LogP contribution in [0, 0.1) is 11.8 Å². The SMILES string of the molecule is CNC(=O)c1ccc(C#CCSC(C)=O)cc1. The van der Waals surface area contributed by atoms with Gasteiger partial charge in [0.2, 0.25) is 0 Å². The molecule has 0 aliphatic heterocycles. The third-order valence-corrected chi connectivity index (χ3v) is 2.65. The Kier molecular flexibility index (Phi) is 5.31. The molecule has 4 heteroatoms. The summed E-state index contributed by atoms with van der Waals surface area (Å²) in [5, 5.41) is 2.61. The first-order valence-corrected chi connectivity index (χ1v) is 6.06. The van der Waals surface area contributed by atoms with E-state index in [2.05, 4.69) is 17.2 Å². The van der Waals surface area contributed by atoms with Crippen molar-refractivity contribution in [3.8, 4) is 11.8 Å². The summed E-state index contributed by atoms with van der Waals surface area (Å²) in [4.78, 5) is 21.9. The van der Waals surface area contributed by atoms with Crippen molar-refractivity contribution in [2.75, 3.05) is 12.8 Å². The van der Waals surface area contributed by atoms with Gasteiger partial charge in [0.25, 0.3) is 5.91 Å². The normalized spacial score (nSPS) is 9.06. The van der Waals surface area contributed by atoms with Gasteiger partial charge < -0.3 is 5.32 Å². The van der Waals surface area contributed by atoms with Gasteiger partial charge in [-0.2, -0.15) is 0 Å². The summed E-state index contributed by atoms with van der Waals surface area (Å²) in [5.74, 6) is 6.20. The smallest absolute Gasteiger partial charge is 0.251 e. The van der Waals surface area contributed by atoms with Crippen molar-refractivity contribution in [3.63, 3.8) is 0 Å². The van der Waals surface area contributed by atoms with Gasteiger partial charge in [-0.25, -0.2) is 0 Å². The molecule has 1 aromatic rings. The van der Waals surface area contributed by atoms with E-state index in [1.54, 1.807) is 31.3 Å². The number of hydrogen-bond donors (Lipinski definition) is 1. The number of hydrogen-bond acceptors (Lipinski definition) is 3. The van der Waals surface area contributed by atoms with Gasteiger partial charge in [-0.05, 0) is 24.3 Å². The second-order valence-corrected chi connectivity index (χ2v) is 4.39. The second kappa shape index (κ2) is 6.77. The summed E-state index contributed by atoms with van der Waals surface area (Å²) in [5.41, 5.74) is 1.44. The van der Waals surface area contributed by atoms with E-state index in [-0.39, 0.29) is 11.0 Å². The van der Waals surface area contributed by atoms with E-state index in [0.29, 0.717) is 11.3 Å². The molecule has 0 heterocycles. The van der Waals surface area contributed by atoms with Crippen molar-refractivity contribution in [2.45, 2.75) is 6.92 Å². The van der Waals surface area contributed by atoms with Crippen LogP contribution < -0.4 is 5.32 Å². The predicted octanol–water partition coefficient (Wildman–Crippen LogP) is 1.68. The van der Waals surface area contributed by atoms with E-state index < -0.39 is 0 Å². The lowest BCUT2D eigenvalue weighted by Crippen LogP contribution is -2.17. The van der Waals surface area contributed by atoms with E-state index in [9.17, 15) is 9.59 Å². The van der Waals surface area contributed by atoms with E-state index in [1.807, 2.05) is 0 Å². The Morgan fingerprint density at radius 3 is 2.47 bits per heavy atom. The van der Waals surface area contributed by atoms with Gasteiger partial charge in [0.1, 0.15) is 0 Å². The van der Waals surface area contributed by atoms with Crippen LogP contribution in [-0.2, 0) is 4.79 Å². The molecule has 0 saturated carbocycles. The summed E-state index contributed by atoms with van der Waals surface area (Å²) < 4.78 is 0. The molecular weight excluding hydrogens is 234 g/mol. The average Bonchev–Trinajstić information content (AvgIpc) is 2.34. The maximum atomic E-state index is 11.3. The van der Waals surface area contributed by atoms with Crippen LogP contribution in [0.3, 0.4) is 0 Å². The third-order valence-electron chi connectivity index (χ3n) is 1.95. The molecule has 1 aromatic carbocycles. The van der Waals surface area contributed by atoms with Crippen molar-refractivity contribution >= 4 is 22.8 Å². The fourth-order valence-electron chi connectivity index (χ4n) is 1.13. The number of benzene rings is 1. The van der Waals surface area contributed by atoms with Crippen molar-refractivity contribution < 1.29 is 9.59 Å². The van der Waals surface area contributed by atoms with Crippen molar-refractivity contribution in [2.24, 2.45) is 0 Å². The van der Waals surface area contributed by atoms with Gasteiger partial charge in [0.15, 0.2) is 5.12 Å². The summed E-state index contributed by atoms with van der Waals surface area (Å²) in [6, 6.07) is 7.02. The van der Waals surface area contributed by atoms with Gasteiger partial charge in [-0.1, -0.05) is 23.6 Å². The maximum absolute atomic E-state index is 11.3.